The molecule has 0 spiro atoms. The molecule has 2 nitrogen and oxygen atoms in total. The quantitative estimate of drug-likeness (QED) is 0.173. The van der Waals surface area contributed by atoms with Crippen LogP contribution < -0.4 is 4.90 Å². The molecule has 1 heterocycles. The van der Waals surface area contributed by atoms with Gasteiger partial charge in [0, 0.05) is 28.3 Å². The van der Waals surface area contributed by atoms with Gasteiger partial charge in [0.1, 0.15) is 0 Å². The van der Waals surface area contributed by atoms with E-state index in [9.17, 15) is 0 Å². The van der Waals surface area contributed by atoms with E-state index in [0.29, 0.717) is 0 Å². The largest absolute Gasteiger partial charge is 0.310 e. The summed E-state index contributed by atoms with van der Waals surface area (Å²) < 4.78 is 0. The molecule has 0 aliphatic heterocycles. The minimum absolute atomic E-state index is 1.00. The molecule has 0 unspecified atom stereocenters. The lowest BCUT2D eigenvalue weighted by atomic mass is 10.00. The summed E-state index contributed by atoms with van der Waals surface area (Å²) in [5.41, 5.74) is 6.68. The Morgan fingerprint density at radius 3 is 1.79 bits per heavy atom. The number of benzene rings is 6. The molecule has 0 atom stereocenters. The predicted molar refractivity (Wildman–Crippen MR) is 167 cm³/mol. The van der Waals surface area contributed by atoms with Crippen molar-refractivity contribution in [2.24, 2.45) is 0 Å². The van der Waals surface area contributed by atoms with Crippen LogP contribution in [0.25, 0.3) is 44.6 Å². The molecule has 39 heavy (non-hydrogen) atoms. The first-order valence-electron chi connectivity index (χ1n) is 13.2. The van der Waals surface area contributed by atoms with Crippen molar-refractivity contribution in [2.45, 2.75) is 0 Å². The predicted octanol–water partition coefficient (Wildman–Crippen LogP) is 10.2. The Morgan fingerprint density at radius 1 is 0.462 bits per heavy atom. The maximum atomic E-state index is 4.88. The van der Waals surface area contributed by atoms with Gasteiger partial charge in [-0.05, 0) is 81.9 Å². The Balaban J connectivity index is 1.36. The Hall–Kier alpha value is -5.21. The molecule has 2 heteroatoms. The Kier molecular flexibility index (Phi) is 5.84. The molecule has 0 bridgehead atoms. The molecule has 0 N–H and O–H groups in total. The number of pyridine rings is 1. The van der Waals surface area contributed by atoms with Gasteiger partial charge in [-0.1, -0.05) is 97.1 Å². The summed E-state index contributed by atoms with van der Waals surface area (Å²) in [6.07, 6.45) is 6.26. The van der Waals surface area contributed by atoms with Gasteiger partial charge in [-0.15, -0.1) is 0 Å². The summed E-state index contributed by atoms with van der Waals surface area (Å²) in [5.74, 6) is 0. The number of para-hydroxylation sites is 2. The van der Waals surface area contributed by atoms with Crippen molar-refractivity contribution < 1.29 is 0 Å². The van der Waals surface area contributed by atoms with Gasteiger partial charge in [0.25, 0.3) is 0 Å². The molecule has 0 aliphatic rings. The van der Waals surface area contributed by atoms with E-state index in [1.54, 1.807) is 0 Å². The van der Waals surface area contributed by atoms with Crippen molar-refractivity contribution in [1.82, 2.24) is 4.98 Å². The zero-order valence-electron chi connectivity index (χ0n) is 21.4. The summed E-state index contributed by atoms with van der Waals surface area (Å²) in [5, 5.41) is 5.94. The van der Waals surface area contributed by atoms with Crippen LogP contribution in [0, 0.1) is 0 Å². The lowest BCUT2D eigenvalue weighted by Crippen LogP contribution is -2.10. The maximum Gasteiger partial charge on any atom is 0.0801 e. The number of rotatable bonds is 5. The first-order chi connectivity index (χ1) is 19.3. The molecule has 0 radical (unpaired) electrons. The van der Waals surface area contributed by atoms with E-state index in [1.807, 2.05) is 12.3 Å². The highest BCUT2D eigenvalue weighted by Crippen LogP contribution is 2.41. The second kappa shape index (κ2) is 9.92. The van der Waals surface area contributed by atoms with Crippen LogP contribution in [0.2, 0.25) is 0 Å². The second-order valence-corrected chi connectivity index (χ2v) is 9.72. The van der Waals surface area contributed by atoms with Crippen LogP contribution in [0.5, 0.6) is 0 Å². The zero-order chi connectivity index (χ0) is 26.0. The summed E-state index contributed by atoms with van der Waals surface area (Å²) in [7, 11) is 0. The van der Waals surface area contributed by atoms with Crippen molar-refractivity contribution in [2.75, 3.05) is 4.90 Å². The lowest BCUT2D eigenvalue weighted by molar-refractivity contribution is 1.30. The average molecular weight is 499 g/mol. The fourth-order valence-electron chi connectivity index (χ4n) is 5.33. The van der Waals surface area contributed by atoms with E-state index < -0.39 is 0 Å². The van der Waals surface area contributed by atoms with E-state index in [4.69, 9.17) is 4.98 Å². The molecule has 7 rings (SSSR count). The standard InChI is InChI=1S/C37H26N2/c1-3-12-32(13-4-1)39(33-14-5-2-6-15-33)36-26-31-22-20-28(25-35(31)37-34(36)16-9-23-38-37)18-17-27-19-21-29-10-7-8-11-30(29)24-27/h1-26H/b18-17+. The van der Waals surface area contributed by atoms with Gasteiger partial charge in [0.05, 0.1) is 11.2 Å². The molecule has 1 aromatic heterocycles. The van der Waals surface area contributed by atoms with Gasteiger partial charge in [0.15, 0.2) is 0 Å². The number of anilines is 3. The van der Waals surface area contributed by atoms with Crippen LogP contribution in [0.4, 0.5) is 17.1 Å². The highest BCUT2D eigenvalue weighted by atomic mass is 15.1. The number of hydrogen-bond donors (Lipinski definition) is 0. The summed E-state index contributed by atoms with van der Waals surface area (Å²) >= 11 is 0. The number of nitrogens with zero attached hydrogens (tertiary/aromatic N) is 2. The zero-order valence-corrected chi connectivity index (χ0v) is 21.4. The van der Waals surface area contributed by atoms with Gasteiger partial charge in [-0.25, -0.2) is 0 Å². The molecule has 0 aliphatic carbocycles. The van der Waals surface area contributed by atoms with Crippen molar-refractivity contribution >= 4 is 61.7 Å². The van der Waals surface area contributed by atoms with E-state index >= 15 is 0 Å². The van der Waals surface area contributed by atoms with Crippen LogP contribution in [-0.4, -0.2) is 4.98 Å². The van der Waals surface area contributed by atoms with E-state index in [0.717, 1.165) is 44.3 Å². The van der Waals surface area contributed by atoms with Gasteiger partial charge in [-0.3, -0.25) is 4.98 Å². The lowest BCUT2D eigenvalue weighted by Gasteiger charge is -2.27. The molecule has 0 saturated heterocycles. The number of aromatic nitrogens is 1. The Labute approximate surface area is 228 Å². The van der Waals surface area contributed by atoms with Gasteiger partial charge < -0.3 is 4.90 Å². The highest BCUT2D eigenvalue weighted by Gasteiger charge is 2.17. The first kappa shape index (κ1) is 22.9. The molecule has 0 amide bonds. The minimum Gasteiger partial charge on any atom is -0.310 e. The molecule has 0 saturated carbocycles. The fourth-order valence-corrected chi connectivity index (χ4v) is 5.33. The number of hydrogen-bond acceptors (Lipinski definition) is 2. The van der Waals surface area contributed by atoms with Crippen LogP contribution in [0.15, 0.2) is 146 Å². The third-order valence-corrected chi connectivity index (χ3v) is 7.22. The molecule has 6 aromatic carbocycles. The molecule has 7 aromatic rings. The summed E-state index contributed by atoms with van der Waals surface area (Å²) in [6.45, 7) is 0. The second-order valence-electron chi connectivity index (χ2n) is 9.72. The summed E-state index contributed by atoms with van der Waals surface area (Å²) in [6, 6.07) is 49.3. The van der Waals surface area contributed by atoms with Gasteiger partial charge >= 0.3 is 0 Å². The van der Waals surface area contributed by atoms with E-state index in [1.165, 1.54) is 16.3 Å². The van der Waals surface area contributed by atoms with Crippen molar-refractivity contribution in [3.05, 3.63) is 157 Å². The number of fused-ring (bicyclic) bond motifs is 4. The third kappa shape index (κ3) is 4.43. The minimum atomic E-state index is 1.00. The monoisotopic (exact) mass is 498 g/mol. The smallest absolute Gasteiger partial charge is 0.0801 e. The Bertz CT molecular complexity index is 1920. The molecule has 184 valence electrons. The highest BCUT2D eigenvalue weighted by molar-refractivity contribution is 6.13. The summed E-state index contributed by atoms with van der Waals surface area (Å²) in [4.78, 5) is 7.20. The normalized spacial score (nSPS) is 11.5. The van der Waals surface area contributed by atoms with Crippen molar-refractivity contribution in [1.29, 1.82) is 0 Å². The SMILES string of the molecule is C(=C\c1ccc2cc(N(c3ccccc3)c3ccccc3)c3cccnc3c2c1)/c1ccc2ccccc2c1. The molecular weight excluding hydrogens is 472 g/mol. The average Bonchev–Trinajstić information content (AvgIpc) is 3.01. The van der Waals surface area contributed by atoms with E-state index in [2.05, 4.69) is 151 Å². The van der Waals surface area contributed by atoms with E-state index in [-0.39, 0.29) is 0 Å². The molecular formula is C37H26N2. The third-order valence-electron chi connectivity index (χ3n) is 7.22. The van der Waals surface area contributed by atoms with Crippen LogP contribution in [-0.2, 0) is 0 Å². The fraction of sp³-hybridized carbons (Fsp3) is 0. The van der Waals surface area contributed by atoms with Gasteiger partial charge in [-0.2, -0.15) is 0 Å². The van der Waals surface area contributed by atoms with Crippen LogP contribution in [0.1, 0.15) is 11.1 Å². The Morgan fingerprint density at radius 2 is 1.08 bits per heavy atom. The van der Waals surface area contributed by atoms with Crippen molar-refractivity contribution in [3.63, 3.8) is 0 Å². The van der Waals surface area contributed by atoms with Crippen LogP contribution >= 0.6 is 0 Å². The first-order valence-corrected chi connectivity index (χ1v) is 13.2. The van der Waals surface area contributed by atoms with Crippen molar-refractivity contribution in [3.8, 4) is 0 Å². The maximum absolute atomic E-state index is 4.88. The van der Waals surface area contributed by atoms with Gasteiger partial charge in [0.2, 0.25) is 0 Å². The topological polar surface area (TPSA) is 16.1 Å². The molecule has 0 fully saturated rings. The van der Waals surface area contributed by atoms with Crippen LogP contribution in [0.3, 0.4) is 0 Å².